The number of rotatable bonds is 4. The Balaban J connectivity index is 1.82. The van der Waals surface area contributed by atoms with E-state index in [9.17, 15) is 0 Å². The first-order valence-electron chi connectivity index (χ1n) is 5.51. The Morgan fingerprint density at radius 2 is 2.06 bits per heavy atom. The summed E-state index contributed by atoms with van der Waals surface area (Å²) in [5.41, 5.74) is 3.11. The highest BCUT2D eigenvalue weighted by Gasteiger charge is 2.32. The van der Waals surface area contributed by atoms with Crippen molar-refractivity contribution in [3.8, 4) is 0 Å². The van der Waals surface area contributed by atoms with Gasteiger partial charge in [-0.1, -0.05) is 41.7 Å². The molecule has 1 aliphatic rings. The van der Waals surface area contributed by atoms with Crippen LogP contribution in [0.15, 0.2) is 35.8 Å². The zero-order valence-electron chi connectivity index (χ0n) is 8.84. The number of anilines is 1. The highest BCUT2D eigenvalue weighted by molar-refractivity contribution is 7.13. The average Bonchev–Trinajstić information content (AvgIpc) is 3.05. The fraction of sp³-hybridized carbons (Fsp3) is 0.333. The molecule has 1 aromatic carbocycles. The van der Waals surface area contributed by atoms with Crippen molar-refractivity contribution in [1.29, 1.82) is 0 Å². The number of hydrogen-bond donors (Lipinski definition) is 1. The predicted octanol–water partition coefficient (Wildman–Crippen LogP) is 3.10. The molecule has 1 aromatic heterocycles. The molecule has 0 aliphatic heterocycles. The van der Waals surface area contributed by atoms with Gasteiger partial charge in [0.05, 0.1) is 6.04 Å². The van der Waals surface area contributed by atoms with Crippen molar-refractivity contribution in [2.24, 2.45) is 5.92 Å². The van der Waals surface area contributed by atoms with Crippen molar-refractivity contribution in [3.05, 3.63) is 41.4 Å². The molecule has 1 saturated carbocycles. The van der Waals surface area contributed by atoms with Crippen LogP contribution in [-0.2, 0) is 0 Å². The maximum absolute atomic E-state index is 4.05. The molecule has 0 radical (unpaired) electrons. The standard InChI is InChI=1S/C12H13N3S/c1-2-4-9(5-3-1)11(10-6-7-10)14-12-15-13-8-16-12/h1-5,8,10-11H,6-7H2,(H,14,15). The second-order valence-corrected chi connectivity index (χ2v) is 4.95. The van der Waals surface area contributed by atoms with Gasteiger partial charge in [0.2, 0.25) is 5.13 Å². The van der Waals surface area contributed by atoms with Gasteiger partial charge in [-0.2, -0.15) is 0 Å². The van der Waals surface area contributed by atoms with E-state index in [4.69, 9.17) is 0 Å². The van der Waals surface area contributed by atoms with E-state index < -0.39 is 0 Å². The highest BCUT2D eigenvalue weighted by atomic mass is 32.1. The number of nitrogens with one attached hydrogen (secondary N) is 1. The van der Waals surface area contributed by atoms with Crippen LogP contribution in [0.25, 0.3) is 0 Å². The summed E-state index contributed by atoms with van der Waals surface area (Å²) in [5, 5.41) is 12.3. The van der Waals surface area contributed by atoms with E-state index >= 15 is 0 Å². The van der Waals surface area contributed by atoms with Crippen molar-refractivity contribution in [2.75, 3.05) is 5.32 Å². The van der Waals surface area contributed by atoms with Crippen LogP contribution in [0.3, 0.4) is 0 Å². The summed E-state index contributed by atoms with van der Waals surface area (Å²) in [5.74, 6) is 0.756. The second-order valence-electron chi connectivity index (χ2n) is 4.11. The first kappa shape index (κ1) is 9.78. The van der Waals surface area contributed by atoms with Crippen LogP contribution in [0.1, 0.15) is 24.4 Å². The van der Waals surface area contributed by atoms with Crippen LogP contribution >= 0.6 is 11.3 Å². The highest BCUT2D eigenvalue weighted by Crippen LogP contribution is 2.42. The van der Waals surface area contributed by atoms with Crippen molar-refractivity contribution < 1.29 is 0 Å². The summed E-state index contributed by atoms with van der Waals surface area (Å²) in [6.45, 7) is 0. The van der Waals surface area contributed by atoms with Crippen molar-refractivity contribution in [1.82, 2.24) is 10.2 Å². The molecule has 2 aromatic rings. The SMILES string of the molecule is c1ccc(C(Nc2nncs2)C2CC2)cc1. The van der Waals surface area contributed by atoms with Crippen molar-refractivity contribution in [2.45, 2.75) is 18.9 Å². The van der Waals surface area contributed by atoms with Gasteiger partial charge in [0.1, 0.15) is 5.51 Å². The first-order valence-corrected chi connectivity index (χ1v) is 6.39. The van der Waals surface area contributed by atoms with Gasteiger partial charge in [-0.25, -0.2) is 0 Å². The molecule has 0 bridgehead atoms. The third kappa shape index (κ3) is 2.07. The molecule has 16 heavy (non-hydrogen) atoms. The molecule has 3 nitrogen and oxygen atoms in total. The van der Waals surface area contributed by atoms with E-state index in [0.717, 1.165) is 11.0 Å². The van der Waals surface area contributed by atoms with Gasteiger partial charge in [-0.15, -0.1) is 10.2 Å². The molecule has 1 N–H and O–H groups in total. The van der Waals surface area contributed by atoms with Gasteiger partial charge in [-0.05, 0) is 24.3 Å². The van der Waals surface area contributed by atoms with E-state index in [1.807, 2.05) is 0 Å². The number of nitrogens with zero attached hydrogens (tertiary/aromatic N) is 2. The Hall–Kier alpha value is -1.42. The van der Waals surface area contributed by atoms with Crippen LogP contribution in [0.2, 0.25) is 0 Å². The molecule has 0 amide bonds. The van der Waals surface area contributed by atoms with Crippen LogP contribution in [-0.4, -0.2) is 10.2 Å². The lowest BCUT2D eigenvalue weighted by atomic mass is 10.0. The summed E-state index contributed by atoms with van der Waals surface area (Å²) in [6.07, 6.45) is 2.62. The zero-order chi connectivity index (χ0) is 10.8. The average molecular weight is 231 g/mol. The van der Waals surface area contributed by atoms with E-state index in [1.54, 1.807) is 16.8 Å². The van der Waals surface area contributed by atoms with Gasteiger partial charge >= 0.3 is 0 Å². The van der Waals surface area contributed by atoms with Gasteiger partial charge < -0.3 is 5.32 Å². The minimum absolute atomic E-state index is 0.397. The Morgan fingerprint density at radius 3 is 2.69 bits per heavy atom. The molecule has 4 heteroatoms. The summed E-state index contributed by atoms with van der Waals surface area (Å²) in [4.78, 5) is 0. The third-order valence-electron chi connectivity index (χ3n) is 2.89. The molecule has 82 valence electrons. The quantitative estimate of drug-likeness (QED) is 0.878. The van der Waals surface area contributed by atoms with Gasteiger partial charge in [0, 0.05) is 0 Å². The summed E-state index contributed by atoms with van der Waals surface area (Å²) >= 11 is 1.56. The van der Waals surface area contributed by atoms with E-state index in [1.165, 1.54) is 18.4 Å². The Kier molecular flexibility index (Phi) is 2.58. The van der Waals surface area contributed by atoms with Gasteiger partial charge in [-0.3, -0.25) is 0 Å². The smallest absolute Gasteiger partial charge is 0.205 e. The van der Waals surface area contributed by atoms with Crippen molar-refractivity contribution >= 4 is 16.5 Å². The molecular formula is C12H13N3S. The maximum atomic E-state index is 4.05. The molecule has 1 fully saturated rings. The maximum Gasteiger partial charge on any atom is 0.205 e. The third-order valence-corrected chi connectivity index (χ3v) is 3.51. The molecule has 1 heterocycles. The van der Waals surface area contributed by atoms with Gasteiger partial charge in [0.15, 0.2) is 0 Å². The summed E-state index contributed by atoms with van der Waals surface area (Å²) in [6, 6.07) is 11.0. The second kappa shape index (κ2) is 4.22. The molecular weight excluding hydrogens is 218 g/mol. The molecule has 1 unspecified atom stereocenters. The minimum Gasteiger partial charge on any atom is -0.353 e. The Morgan fingerprint density at radius 1 is 1.25 bits per heavy atom. The minimum atomic E-state index is 0.397. The molecule has 3 rings (SSSR count). The van der Waals surface area contributed by atoms with E-state index in [0.29, 0.717) is 6.04 Å². The fourth-order valence-electron chi connectivity index (χ4n) is 1.93. The lowest BCUT2D eigenvalue weighted by molar-refractivity contribution is 0.677. The number of hydrogen-bond acceptors (Lipinski definition) is 4. The molecule has 0 spiro atoms. The molecule has 1 atom stereocenters. The van der Waals surface area contributed by atoms with Crippen LogP contribution < -0.4 is 5.32 Å². The summed E-state index contributed by atoms with van der Waals surface area (Å²) in [7, 11) is 0. The Bertz CT molecular complexity index is 437. The topological polar surface area (TPSA) is 37.8 Å². The normalized spacial score (nSPS) is 17.0. The lowest BCUT2D eigenvalue weighted by Gasteiger charge is -2.17. The zero-order valence-corrected chi connectivity index (χ0v) is 9.65. The lowest BCUT2D eigenvalue weighted by Crippen LogP contribution is -2.12. The Labute approximate surface area is 98.5 Å². The van der Waals surface area contributed by atoms with E-state index in [-0.39, 0.29) is 0 Å². The summed E-state index contributed by atoms with van der Waals surface area (Å²) < 4.78 is 0. The molecule has 0 saturated heterocycles. The fourth-order valence-corrected chi connectivity index (χ4v) is 2.42. The number of benzene rings is 1. The van der Waals surface area contributed by atoms with Crippen LogP contribution in [0, 0.1) is 5.92 Å². The monoisotopic (exact) mass is 231 g/mol. The van der Waals surface area contributed by atoms with Crippen LogP contribution in [0.4, 0.5) is 5.13 Å². The van der Waals surface area contributed by atoms with E-state index in [2.05, 4.69) is 45.8 Å². The van der Waals surface area contributed by atoms with Crippen LogP contribution in [0.5, 0.6) is 0 Å². The number of aromatic nitrogens is 2. The van der Waals surface area contributed by atoms with Gasteiger partial charge in [0.25, 0.3) is 0 Å². The predicted molar refractivity (Wildman–Crippen MR) is 65.4 cm³/mol. The van der Waals surface area contributed by atoms with Crippen molar-refractivity contribution in [3.63, 3.8) is 0 Å². The first-order chi connectivity index (χ1) is 7.93. The molecule has 1 aliphatic carbocycles. The largest absolute Gasteiger partial charge is 0.353 e.